The molecule has 0 saturated heterocycles. The van der Waals surface area contributed by atoms with Crippen molar-refractivity contribution >= 4 is 11.6 Å². The fourth-order valence-corrected chi connectivity index (χ4v) is 3.68. The molecule has 1 aromatic carbocycles. The Bertz CT molecular complexity index is 588. The molecule has 0 heterocycles. The minimum Gasteiger partial charge on any atom is -0.395 e. The van der Waals surface area contributed by atoms with Crippen LogP contribution >= 0.6 is 0 Å². The molecule has 1 amide bonds. The second kappa shape index (κ2) is 10.3. The molecule has 2 rings (SSSR count). The highest BCUT2D eigenvalue weighted by molar-refractivity contribution is 5.90. The van der Waals surface area contributed by atoms with E-state index in [-0.39, 0.29) is 23.0 Å². The summed E-state index contributed by atoms with van der Waals surface area (Å²) < 4.78 is 0.115. The predicted molar refractivity (Wildman–Crippen MR) is 99.8 cm³/mol. The highest BCUT2D eigenvalue weighted by Gasteiger charge is 2.45. The number of quaternary nitrogens is 1. The number of nitrogens with one attached hydrogen (secondary N) is 1. The summed E-state index contributed by atoms with van der Waals surface area (Å²) in [4.78, 5) is 12.9. The van der Waals surface area contributed by atoms with Gasteiger partial charge in [-0.2, -0.15) is 0 Å². The zero-order chi connectivity index (χ0) is 18.0. The summed E-state index contributed by atoms with van der Waals surface area (Å²) in [6.07, 6.45) is 5.38. The van der Waals surface area contributed by atoms with Gasteiger partial charge in [-0.25, -0.2) is 9.28 Å². The maximum absolute atomic E-state index is 12.9. The molecular formula is C20H29N2O3+. The molecule has 136 valence electrons. The van der Waals surface area contributed by atoms with Gasteiger partial charge in [-0.1, -0.05) is 30.5 Å². The lowest BCUT2D eigenvalue weighted by molar-refractivity contribution is -0.135. The zero-order valence-electron chi connectivity index (χ0n) is 14.8. The van der Waals surface area contributed by atoms with Gasteiger partial charge in [-0.3, -0.25) is 0 Å². The summed E-state index contributed by atoms with van der Waals surface area (Å²) in [5.74, 6) is 6.00. The number of aliphatic hydroxyl groups excluding tert-OH is 2. The summed E-state index contributed by atoms with van der Waals surface area (Å²) in [6, 6.07) is 9.91. The van der Waals surface area contributed by atoms with Gasteiger partial charge in [0.25, 0.3) is 0 Å². The number of aliphatic hydroxyl groups is 2. The van der Waals surface area contributed by atoms with Crippen molar-refractivity contribution in [3.05, 3.63) is 30.3 Å². The number of amides is 1. The van der Waals surface area contributed by atoms with Crippen molar-refractivity contribution in [2.24, 2.45) is 0 Å². The third-order valence-electron chi connectivity index (χ3n) is 4.95. The normalized spacial score (nSPS) is 17.4. The van der Waals surface area contributed by atoms with Gasteiger partial charge in [0.15, 0.2) is 13.2 Å². The van der Waals surface area contributed by atoms with Crippen LogP contribution in [0.25, 0.3) is 0 Å². The summed E-state index contributed by atoms with van der Waals surface area (Å²) in [5, 5.41) is 21.5. The monoisotopic (exact) mass is 345 g/mol. The van der Waals surface area contributed by atoms with E-state index in [1.54, 1.807) is 0 Å². The molecule has 1 atom stereocenters. The number of hydrogen-bond donors (Lipinski definition) is 3. The fraction of sp³-hybridized carbons (Fsp3) is 0.550. The Morgan fingerprint density at radius 3 is 2.48 bits per heavy atom. The predicted octanol–water partition coefficient (Wildman–Crippen LogP) is 1.43. The average Bonchev–Trinajstić information content (AvgIpc) is 2.68. The van der Waals surface area contributed by atoms with E-state index in [0.717, 1.165) is 31.4 Å². The molecule has 1 fully saturated rings. The summed E-state index contributed by atoms with van der Waals surface area (Å²) >= 11 is 0. The Morgan fingerprint density at radius 2 is 1.84 bits per heavy atom. The first kappa shape index (κ1) is 19.6. The second-order valence-corrected chi connectivity index (χ2v) is 6.46. The highest BCUT2D eigenvalue weighted by atomic mass is 16.3. The van der Waals surface area contributed by atoms with Crippen molar-refractivity contribution in [2.45, 2.75) is 38.1 Å². The maximum atomic E-state index is 12.9. The van der Waals surface area contributed by atoms with E-state index in [4.69, 9.17) is 5.11 Å². The first-order valence-electron chi connectivity index (χ1n) is 9.10. The van der Waals surface area contributed by atoms with Crippen LogP contribution in [0.15, 0.2) is 30.3 Å². The van der Waals surface area contributed by atoms with Crippen LogP contribution < -0.4 is 9.80 Å². The molecule has 0 bridgehead atoms. The molecule has 1 aromatic rings. The lowest BCUT2D eigenvalue weighted by Gasteiger charge is -2.42. The van der Waals surface area contributed by atoms with Crippen LogP contribution in [-0.4, -0.2) is 55.0 Å². The largest absolute Gasteiger partial charge is 0.395 e. The van der Waals surface area contributed by atoms with Crippen molar-refractivity contribution in [3.63, 3.8) is 0 Å². The van der Waals surface area contributed by atoms with Gasteiger partial charge in [0.1, 0.15) is 11.7 Å². The van der Waals surface area contributed by atoms with Crippen molar-refractivity contribution in [3.8, 4) is 11.8 Å². The molecule has 1 unspecified atom stereocenters. The first-order chi connectivity index (χ1) is 12.3. The van der Waals surface area contributed by atoms with Gasteiger partial charge >= 0.3 is 5.91 Å². The Labute approximate surface area is 150 Å². The number of para-hydroxylation sites is 1. The molecule has 0 aliphatic heterocycles. The molecule has 0 radical (unpaired) electrons. The lowest BCUT2D eigenvalue weighted by Crippen LogP contribution is -2.62. The van der Waals surface area contributed by atoms with Gasteiger partial charge in [-0.15, -0.1) is 0 Å². The molecule has 5 nitrogen and oxygen atoms in total. The van der Waals surface area contributed by atoms with Gasteiger partial charge in [0.05, 0.1) is 13.2 Å². The van der Waals surface area contributed by atoms with Crippen LogP contribution in [0, 0.1) is 11.8 Å². The third-order valence-corrected chi connectivity index (χ3v) is 4.95. The van der Waals surface area contributed by atoms with Crippen LogP contribution in [-0.2, 0) is 4.79 Å². The van der Waals surface area contributed by atoms with Crippen LogP contribution in [0.1, 0.15) is 32.1 Å². The van der Waals surface area contributed by atoms with Gasteiger partial charge in [0, 0.05) is 19.4 Å². The van der Waals surface area contributed by atoms with Crippen LogP contribution in [0.5, 0.6) is 0 Å². The Hall–Kier alpha value is -1.71. The molecule has 5 heteroatoms. The molecule has 1 aliphatic rings. The smallest absolute Gasteiger partial charge is 0.345 e. The third kappa shape index (κ3) is 4.90. The molecule has 0 aromatic heterocycles. The number of hydrogen-bond acceptors (Lipinski definition) is 4. The number of benzene rings is 1. The fourth-order valence-electron chi connectivity index (χ4n) is 3.68. The van der Waals surface area contributed by atoms with Crippen molar-refractivity contribution < 1.29 is 15.0 Å². The van der Waals surface area contributed by atoms with Crippen LogP contribution in [0.4, 0.5) is 5.69 Å². The number of nitrogens with zero attached hydrogens (tertiary/aromatic N) is 1. The zero-order valence-corrected chi connectivity index (χ0v) is 14.8. The molecular weight excluding hydrogens is 316 g/mol. The molecule has 0 spiro atoms. The maximum Gasteiger partial charge on any atom is 0.345 e. The number of rotatable bonds is 7. The summed E-state index contributed by atoms with van der Waals surface area (Å²) in [5.41, 5.74) is 0.908. The molecule has 25 heavy (non-hydrogen) atoms. The minimum absolute atomic E-state index is 0.0801. The van der Waals surface area contributed by atoms with E-state index in [9.17, 15) is 9.90 Å². The molecule has 3 N–H and O–H groups in total. The van der Waals surface area contributed by atoms with E-state index in [1.807, 2.05) is 30.3 Å². The number of carbonyl (C=O) groups excluding carboxylic acids is 1. The summed E-state index contributed by atoms with van der Waals surface area (Å²) in [7, 11) is 0. The lowest BCUT2D eigenvalue weighted by atomic mass is 9.91. The number of carbonyl (C=O) groups is 1. The van der Waals surface area contributed by atoms with E-state index < -0.39 is 6.61 Å². The van der Waals surface area contributed by atoms with Gasteiger partial charge in [0.2, 0.25) is 0 Å². The van der Waals surface area contributed by atoms with E-state index in [2.05, 4.69) is 17.2 Å². The van der Waals surface area contributed by atoms with Gasteiger partial charge < -0.3 is 15.5 Å². The van der Waals surface area contributed by atoms with Crippen molar-refractivity contribution in [1.82, 2.24) is 9.80 Å². The second-order valence-electron chi connectivity index (χ2n) is 6.46. The van der Waals surface area contributed by atoms with E-state index in [0.29, 0.717) is 19.6 Å². The van der Waals surface area contributed by atoms with Crippen LogP contribution in [0.3, 0.4) is 0 Å². The Balaban J connectivity index is 2.31. The minimum atomic E-state index is -0.476. The Morgan fingerprint density at radius 1 is 1.12 bits per heavy atom. The topological polar surface area (TPSA) is 69.6 Å². The first-order valence-corrected chi connectivity index (χ1v) is 9.10. The quantitative estimate of drug-likeness (QED) is 0.397. The van der Waals surface area contributed by atoms with E-state index in [1.165, 1.54) is 6.42 Å². The summed E-state index contributed by atoms with van der Waals surface area (Å²) in [6.45, 7) is 0.959. The van der Waals surface area contributed by atoms with Crippen LogP contribution in [0.2, 0.25) is 0 Å². The SMILES string of the molecule is O=C(CO)[N+](CC#CCNCCO)(c1ccccc1)C1CCCCC1. The molecule has 1 aliphatic carbocycles. The average molecular weight is 345 g/mol. The molecule has 1 saturated carbocycles. The standard InChI is InChI=1S/C20H29N2O3/c23-16-14-21-13-7-8-15-22(20(25)17-24,18-9-3-1-4-10-18)19-11-5-2-6-12-19/h1,3-4,9-10,19,21,23-24H,2,5-6,11-17H2/q+1. The van der Waals surface area contributed by atoms with Crippen molar-refractivity contribution in [2.75, 3.05) is 32.8 Å². The Kier molecular flexibility index (Phi) is 8.10. The van der Waals surface area contributed by atoms with E-state index >= 15 is 0 Å². The van der Waals surface area contributed by atoms with Gasteiger partial charge in [-0.05, 0) is 30.9 Å². The van der Waals surface area contributed by atoms with Crippen molar-refractivity contribution in [1.29, 1.82) is 0 Å². The highest BCUT2D eigenvalue weighted by Crippen LogP contribution is 2.34.